The van der Waals surface area contributed by atoms with Crippen molar-refractivity contribution in [2.24, 2.45) is 11.7 Å². The maximum absolute atomic E-state index is 12.4. The van der Waals surface area contributed by atoms with Gasteiger partial charge in [-0.1, -0.05) is 50.1 Å². The van der Waals surface area contributed by atoms with Gasteiger partial charge >= 0.3 is 0 Å². The normalized spacial score (nSPS) is 17.5. The minimum Gasteiger partial charge on any atom is -0.339 e. The molecule has 1 heterocycles. The maximum Gasteiger partial charge on any atom is 0.239 e. The molecule has 0 bridgehead atoms. The van der Waals surface area contributed by atoms with Gasteiger partial charge in [0, 0.05) is 31.2 Å². The molecule has 1 aliphatic rings. The Morgan fingerprint density at radius 3 is 2.33 bits per heavy atom. The van der Waals surface area contributed by atoms with E-state index in [4.69, 9.17) is 17.3 Å². The van der Waals surface area contributed by atoms with Gasteiger partial charge in [-0.3, -0.25) is 9.59 Å². The van der Waals surface area contributed by atoms with Gasteiger partial charge in [0.1, 0.15) is 0 Å². The third kappa shape index (κ3) is 4.48. The van der Waals surface area contributed by atoms with Crippen LogP contribution in [0.25, 0.3) is 0 Å². The van der Waals surface area contributed by atoms with Crippen molar-refractivity contribution in [1.82, 2.24) is 9.80 Å². The van der Waals surface area contributed by atoms with Gasteiger partial charge < -0.3 is 15.5 Å². The lowest BCUT2D eigenvalue weighted by Crippen LogP contribution is -2.55. The molecule has 0 aromatic heterocycles. The summed E-state index contributed by atoms with van der Waals surface area (Å²) >= 11 is 6.11. The number of nitrogens with zero attached hydrogens (tertiary/aromatic N) is 2. The summed E-state index contributed by atoms with van der Waals surface area (Å²) < 4.78 is 0. The Bertz CT molecular complexity index is 585. The van der Waals surface area contributed by atoms with Crippen LogP contribution >= 0.6 is 11.6 Å². The highest BCUT2D eigenvalue weighted by atomic mass is 35.5. The van der Waals surface area contributed by atoms with Crippen molar-refractivity contribution in [2.45, 2.75) is 32.7 Å². The number of rotatable bonds is 5. The third-order valence-electron chi connectivity index (χ3n) is 4.79. The fourth-order valence-corrected chi connectivity index (χ4v) is 3.00. The van der Waals surface area contributed by atoms with E-state index in [1.54, 1.807) is 15.9 Å². The number of hydrogen-bond donors (Lipinski definition) is 1. The molecule has 0 radical (unpaired) electrons. The zero-order valence-corrected chi connectivity index (χ0v) is 15.1. The molecule has 1 aromatic carbocycles. The second kappa shape index (κ2) is 8.49. The summed E-state index contributed by atoms with van der Waals surface area (Å²) in [6, 6.07) is 6.92. The van der Waals surface area contributed by atoms with Crippen molar-refractivity contribution in [2.75, 3.05) is 26.2 Å². The summed E-state index contributed by atoms with van der Waals surface area (Å²) in [7, 11) is 0. The maximum atomic E-state index is 12.4. The largest absolute Gasteiger partial charge is 0.339 e. The molecule has 24 heavy (non-hydrogen) atoms. The summed E-state index contributed by atoms with van der Waals surface area (Å²) in [6.45, 7) is 6.19. The standard InChI is InChI=1S/C18H26ClN3O2/c1-3-13(2)17(20)18(24)22-10-8-21(9-11-22)16(23)12-14-6-4-5-7-15(14)19/h4-7,13,17H,3,8-12,20H2,1-2H3. The van der Waals surface area contributed by atoms with Gasteiger partial charge in [0.05, 0.1) is 12.5 Å². The number of carbonyl (C=O) groups is 2. The Morgan fingerprint density at radius 1 is 1.17 bits per heavy atom. The van der Waals surface area contributed by atoms with Crippen LogP contribution in [0.15, 0.2) is 24.3 Å². The predicted molar refractivity (Wildman–Crippen MR) is 95.7 cm³/mol. The van der Waals surface area contributed by atoms with Crippen LogP contribution in [0.2, 0.25) is 5.02 Å². The predicted octanol–water partition coefficient (Wildman–Crippen LogP) is 1.93. The molecule has 2 N–H and O–H groups in total. The summed E-state index contributed by atoms with van der Waals surface area (Å²) in [5.41, 5.74) is 6.86. The van der Waals surface area contributed by atoms with Crippen LogP contribution in [0.1, 0.15) is 25.8 Å². The molecule has 2 rings (SSSR count). The van der Waals surface area contributed by atoms with Gasteiger partial charge in [0.2, 0.25) is 11.8 Å². The van der Waals surface area contributed by atoms with Gasteiger partial charge in [-0.05, 0) is 17.5 Å². The molecule has 5 nitrogen and oxygen atoms in total. The molecule has 1 fully saturated rings. The highest BCUT2D eigenvalue weighted by Gasteiger charge is 2.29. The summed E-state index contributed by atoms with van der Waals surface area (Å²) in [6.07, 6.45) is 1.17. The van der Waals surface area contributed by atoms with Crippen molar-refractivity contribution in [1.29, 1.82) is 0 Å². The van der Waals surface area contributed by atoms with Crippen LogP contribution in [0, 0.1) is 5.92 Å². The van der Waals surface area contributed by atoms with E-state index in [-0.39, 0.29) is 17.7 Å². The fourth-order valence-electron chi connectivity index (χ4n) is 2.80. The first-order valence-electron chi connectivity index (χ1n) is 8.49. The van der Waals surface area contributed by atoms with E-state index in [0.29, 0.717) is 37.6 Å². The average molecular weight is 352 g/mol. The van der Waals surface area contributed by atoms with E-state index in [0.717, 1.165) is 12.0 Å². The van der Waals surface area contributed by atoms with Crippen molar-refractivity contribution in [3.63, 3.8) is 0 Å². The van der Waals surface area contributed by atoms with Crippen LogP contribution < -0.4 is 5.73 Å². The lowest BCUT2D eigenvalue weighted by molar-refractivity contribution is -0.140. The van der Waals surface area contributed by atoms with Crippen LogP contribution in [-0.4, -0.2) is 53.8 Å². The molecule has 1 aromatic rings. The second-order valence-electron chi connectivity index (χ2n) is 6.39. The number of amides is 2. The molecule has 0 aliphatic carbocycles. The van der Waals surface area contributed by atoms with Crippen molar-refractivity contribution < 1.29 is 9.59 Å². The molecule has 0 spiro atoms. The zero-order chi connectivity index (χ0) is 17.7. The average Bonchev–Trinajstić information content (AvgIpc) is 2.61. The summed E-state index contributed by atoms with van der Waals surface area (Å²) in [5, 5.41) is 0.610. The molecular formula is C18H26ClN3O2. The Labute approximate surface area is 148 Å². The second-order valence-corrected chi connectivity index (χ2v) is 6.79. The number of piperazine rings is 1. The van der Waals surface area contributed by atoms with Gasteiger partial charge in [-0.25, -0.2) is 0 Å². The van der Waals surface area contributed by atoms with E-state index < -0.39 is 6.04 Å². The molecule has 0 saturated carbocycles. The molecule has 2 unspecified atom stereocenters. The van der Waals surface area contributed by atoms with E-state index in [2.05, 4.69) is 0 Å². The van der Waals surface area contributed by atoms with Crippen LogP contribution in [0.5, 0.6) is 0 Å². The molecule has 1 aliphatic heterocycles. The lowest BCUT2D eigenvalue weighted by atomic mass is 9.98. The Hall–Kier alpha value is -1.59. The number of benzene rings is 1. The highest BCUT2D eigenvalue weighted by molar-refractivity contribution is 6.31. The van der Waals surface area contributed by atoms with Gasteiger partial charge in [0.25, 0.3) is 0 Å². The van der Waals surface area contributed by atoms with Crippen LogP contribution in [0.4, 0.5) is 0 Å². The van der Waals surface area contributed by atoms with Crippen molar-refractivity contribution in [3.05, 3.63) is 34.9 Å². The third-order valence-corrected chi connectivity index (χ3v) is 5.15. The zero-order valence-electron chi connectivity index (χ0n) is 14.4. The Kier molecular flexibility index (Phi) is 6.63. The number of carbonyl (C=O) groups excluding carboxylic acids is 2. The van der Waals surface area contributed by atoms with Crippen LogP contribution in [-0.2, 0) is 16.0 Å². The summed E-state index contributed by atoms with van der Waals surface area (Å²) in [5.74, 6) is 0.196. The molecule has 132 valence electrons. The van der Waals surface area contributed by atoms with E-state index in [1.165, 1.54) is 0 Å². The van der Waals surface area contributed by atoms with Gasteiger partial charge in [-0.15, -0.1) is 0 Å². The molecule has 6 heteroatoms. The molecule has 1 saturated heterocycles. The fraction of sp³-hybridized carbons (Fsp3) is 0.556. The quantitative estimate of drug-likeness (QED) is 0.881. The van der Waals surface area contributed by atoms with E-state index in [1.807, 2.05) is 32.0 Å². The monoisotopic (exact) mass is 351 g/mol. The lowest BCUT2D eigenvalue weighted by Gasteiger charge is -2.36. The van der Waals surface area contributed by atoms with Crippen molar-refractivity contribution in [3.8, 4) is 0 Å². The Morgan fingerprint density at radius 2 is 1.75 bits per heavy atom. The Balaban J connectivity index is 1.87. The first-order chi connectivity index (χ1) is 11.4. The molecule has 2 atom stereocenters. The van der Waals surface area contributed by atoms with Crippen molar-refractivity contribution >= 4 is 23.4 Å². The van der Waals surface area contributed by atoms with Gasteiger partial charge in [0.15, 0.2) is 0 Å². The van der Waals surface area contributed by atoms with Crippen LogP contribution in [0.3, 0.4) is 0 Å². The first kappa shape index (κ1) is 18.7. The number of nitrogens with two attached hydrogens (primary N) is 1. The topological polar surface area (TPSA) is 66.6 Å². The molecule has 2 amide bonds. The SMILES string of the molecule is CCC(C)C(N)C(=O)N1CCN(C(=O)Cc2ccccc2Cl)CC1. The summed E-state index contributed by atoms with van der Waals surface area (Å²) in [4.78, 5) is 28.4. The smallest absolute Gasteiger partial charge is 0.239 e. The number of hydrogen-bond acceptors (Lipinski definition) is 3. The molecular weight excluding hydrogens is 326 g/mol. The minimum absolute atomic E-state index is 0.0115. The van der Waals surface area contributed by atoms with E-state index >= 15 is 0 Å². The number of halogens is 1. The van der Waals surface area contributed by atoms with E-state index in [9.17, 15) is 9.59 Å². The van der Waals surface area contributed by atoms with Gasteiger partial charge in [-0.2, -0.15) is 0 Å². The highest BCUT2D eigenvalue weighted by Crippen LogP contribution is 2.17. The first-order valence-corrected chi connectivity index (χ1v) is 8.87. The minimum atomic E-state index is -0.458.